The predicted molar refractivity (Wildman–Crippen MR) is 72.4 cm³/mol. The van der Waals surface area contributed by atoms with Gasteiger partial charge in [0.1, 0.15) is 10.8 Å². The Labute approximate surface area is 117 Å². The van der Waals surface area contributed by atoms with Crippen LogP contribution < -0.4 is 9.47 Å². The number of halogens is 1. The van der Waals surface area contributed by atoms with Gasteiger partial charge in [0.2, 0.25) is 0 Å². The minimum atomic E-state index is -0.131. The number of ether oxygens (including phenoxy) is 3. The highest BCUT2D eigenvalue weighted by atomic mass is 35.5. The number of hydrogen-bond acceptors (Lipinski definition) is 4. The molecule has 0 bridgehead atoms. The van der Waals surface area contributed by atoms with Crippen LogP contribution in [0.4, 0.5) is 0 Å². The second kappa shape index (κ2) is 5.80. The Morgan fingerprint density at radius 2 is 2.11 bits per heavy atom. The number of carbonyl (C=O) groups is 1. The van der Waals surface area contributed by atoms with E-state index in [0.717, 1.165) is 6.42 Å². The van der Waals surface area contributed by atoms with Crippen molar-refractivity contribution in [2.24, 2.45) is 5.92 Å². The van der Waals surface area contributed by atoms with Gasteiger partial charge in [0.05, 0.1) is 32.5 Å². The van der Waals surface area contributed by atoms with Crippen LogP contribution in [-0.4, -0.2) is 32.7 Å². The number of carbonyl (C=O) groups excluding carboxylic acids is 1. The molecular weight excluding hydrogens is 268 g/mol. The Hall–Kier alpha value is -1.26. The molecule has 1 aliphatic rings. The molecule has 1 fully saturated rings. The molecule has 0 radical (unpaired) electrons. The molecule has 2 unspecified atom stereocenters. The molecule has 1 saturated heterocycles. The van der Waals surface area contributed by atoms with E-state index in [-0.39, 0.29) is 17.8 Å². The van der Waals surface area contributed by atoms with Gasteiger partial charge >= 0.3 is 0 Å². The molecular formula is C14H17ClO4. The minimum absolute atomic E-state index is 0.00533. The third-order valence-electron chi connectivity index (χ3n) is 3.32. The van der Waals surface area contributed by atoms with Crippen molar-refractivity contribution in [2.75, 3.05) is 20.8 Å². The number of Topliss-reactive ketones (excluding diaryl/α,β-unsaturated/α-hetero) is 1. The summed E-state index contributed by atoms with van der Waals surface area (Å²) >= 11 is 6.16. The topological polar surface area (TPSA) is 44.8 Å². The van der Waals surface area contributed by atoms with Gasteiger partial charge in [-0.25, -0.2) is 0 Å². The molecule has 5 heteroatoms. The quantitative estimate of drug-likeness (QED) is 0.798. The lowest BCUT2D eigenvalue weighted by atomic mass is 9.94. The molecule has 1 heterocycles. The molecule has 2 atom stereocenters. The lowest BCUT2D eigenvalue weighted by molar-refractivity contribution is 0.0875. The van der Waals surface area contributed by atoms with Crippen LogP contribution in [0.3, 0.4) is 0 Å². The van der Waals surface area contributed by atoms with Gasteiger partial charge in [-0.05, 0) is 25.5 Å². The van der Waals surface area contributed by atoms with Crippen molar-refractivity contribution in [3.8, 4) is 11.5 Å². The first-order valence-electron chi connectivity index (χ1n) is 6.14. The van der Waals surface area contributed by atoms with Crippen LogP contribution in [0.5, 0.6) is 11.5 Å². The van der Waals surface area contributed by atoms with Crippen LogP contribution >= 0.6 is 11.6 Å². The molecule has 0 amide bonds. The first-order chi connectivity index (χ1) is 9.08. The summed E-state index contributed by atoms with van der Waals surface area (Å²) in [6.07, 6.45) is 0.847. The highest BCUT2D eigenvalue weighted by Gasteiger charge is 2.31. The number of hydrogen-bond donors (Lipinski definition) is 0. The smallest absolute Gasteiger partial charge is 0.172 e. The predicted octanol–water partition coefficient (Wildman–Crippen LogP) is 2.96. The Morgan fingerprint density at radius 3 is 2.63 bits per heavy atom. The van der Waals surface area contributed by atoms with Gasteiger partial charge in [-0.1, -0.05) is 11.6 Å². The summed E-state index contributed by atoms with van der Waals surface area (Å²) in [6, 6.07) is 3.37. The number of ketones is 1. The standard InChI is InChI=1S/C14H17ClO4/c1-8-6-9(7-19-8)13(16)10-4-5-11(17-2)12(15)14(10)18-3/h4-5,8-9H,6-7H2,1-3H3. The van der Waals surface area contributed by atoms with E-state index < -0.39 is 0 Å². The van der Waals surface area contributed by atoms with Gasteiger partial charge < -0.3 is 14.2 Å². The van der Waals surface area contributed by atoms with Crippen molar-refractivity contribution in [1.82, 2.24) is 0 Å². The zero-order chi connectivity index (χ0) is 14.0. The minimum Gasteiger partial charge on any atom is -0.495 e. The number of rotatable bonds is 4. The van der Waals surface area contributed by atoms with E-state index in [1.807, 2.05) is 6.92 Å². The monoisotopic (exact) mass is 284 g/mol. The van der Waals surface area contributed by atoms with Gasteiger partial charge in [-0.2, -0.15) is 0 Å². The summed E-state index contributed by atoms with van der Waals surface area (Å²) in [6.45, 7) is 2.41. The van der Waals surface area contributed by atoms with Crippen LogP contribution in [-0.2, 0) is 4.74 Å². The molecule has 19 heavy (non-hydrogen) atoms. The average molecular weight is 285 g/mol. The van der Waals surface area contributed by atoms with E-state index in [1.54, 1.807) is 12.1 Å². The van der Waals surface area contributed by atoms with Crippen LogP contribution in [0.15, 0.2) is 12.1 Å². The lowest BCUT2D eigenvalue weighted by Crippen LogP contribution is -2.16. The highest BCUT2D eigenvalue weighted by molar-refractivity contribution is 6.34. The van der Waals surface area contributed by atoms with Crippen LogP contribution in [0.1, 0.15) is 23.7 Å². The number of benzene rings is 1. The second-order valence-corrected chi connectivity index (χ2v) is 4.98. The van der Waals surface area contributed by atoms with Gasteiger partial charge in [0.15, 0.2) is 11.5 Å². The number of methoxy groups -OCH3 is 2. The molecule has 4 nitrogen and oxygen atoms in total. The second-order valence-electron chi connectivity index (χ2n) is 4.60. The maximum atomic E-state index is 12.5. The van der Waals surface area contributed by atoms with Gasteiger partial charge in [0.25, 0.3) is 0 Å². The SMILES string of the molecule is COc1ccc(C(=O)C2COC(C)C2)c(OC)c1Cl. The maximum absolute atomic E-state index is 12.5. The first-order valence-corrected chi connectivity index (χ1v) is 6.52. The summed E-state index contributed by atoms with van der Waals surface area (Å²) < 4.78 is 15.8. The molecule has 1 aromatic carbocycles. The van der Waals surface area contributed by atoms with Gasteiger partial charge in [-0.15, -0.1) is 0 Å². The van der Waals surface area contributed by atoms with Crippen LogP contribution in [0, 0.1) is 5.92 Å². The summed E-state index contributed by atoms with van der Waals surface area (Å²) in [5, 5.41) is 0.322. The van der Waals surface area contributed by atoms with Crippen molar-refractivity contribution >= 4 is 17.4 Å². The van der Waals surface area contributed by atoms with E-state index in [9.17, 15) is 4.79 Å². The fourth-order valence-electron chi connectivity index (χ4n) is 2.31. The van der Waals surface area contributed by atoms with E-state index in [0.29, 0.717) is 28.7 Å². The lowest BCUT2D eigenvalue weighted by Gasteiger charge is -2.14. The van der Waals surface area contributed by atoms with Crippen molar-refractivity contribution in [2.45, 2.75) is 19.4 Å². The third-order valence-corrected chi connectivity index (χ3v) is 3.68. The molecule has 0 aromatic heterocycles. The van der Waals surface area contributed by atoms with E-state index >= 15 is 0 Å². The molecule has 0 N–H and O–H groups in total. The Bertz CT molecular complexity index is 487. The first kappa shape index (κ1) is 14.2. The third kappa shape index (κ3) is 2.69. The Morgan fingerprint density at radius 1 is 1.37 bits per heavy atom. The largest absolute Gasteiger partial charge is 0.495 e. The fourth-order valence-corrected chi connectivity index (χ4v) is 2.63. The van der Waals surface area contributed by atoms with Crippen LogP contribution in [0.2, 0.25) is 5.02 Å². The molecule has 0 saturated carbocycles. The van der Waals surface area contributed by atoms with Gasteiger partial charge in [-0.3, -0.25) is 4.79 Å². The summed E-state index contributed by atoms with van der Waals surface area (Å²) in [7, 11) is 3.01. The normalized spacial score (nSPS) is 22.3. The Kier molecular flexibility index (Phi) is 4.32. The van der Waals surface area contributed by atoms with Gasteiger partial charge in [0, 0.05) is 5.92 Å². The molecule has 104 valence electrons. The van der Waals surface area contributed by atoms with Crippen molar-refractivity contribution < 1.29 is 19.0 Å². The zero-order valence-corrected chi connectivity index (χ0v) is 12.0. The molecule has 0 aliphatic carbocycles. The maximum Gasteiger partial charge on any atom is 0.172 e. The van der Waals surface area contributed by atoms with E-state index in [4.69, 9.17) is 25.8 Å². The van der Waals surface area contributed by atoms with Crippen LogP contribution in [0.25, 0.3) is 0 Å². The highest BCUT2D eigenvalue weighted by Crippen LogP contribution is 2.38. The van der Waals surface area contributed by atoms with Crippen molar-refractivity contribution in [3.63, 3.8) is 0 Å². The van der Waals surface area contributed by atoms with E-state index in [1.165, 1.54) is 14.2 Å². The Balaban J connectivity index is 2.34. The molecule has 0 spiro atoms. The van der Waals surface area contributed by atoms with E-state index in [2.05, 4.69) is 0 Å². The summed E-state index contributed by atoms with van der Waals surface area (Å²) in [5.74, 6) is 0.732. The average Bonchev–Trinajstić information content (AvgIpc) is 2.84. The molecule has 1 aromatic rings. The summed E-state index contributed by atoms with van der Waals surface area (Å²) in [5.41, 5.74) is 0.482. The molecule has 2 rings (SSSR count). The zero-order valence-electron chi connectivity index (χ0n) is 11.2. The van der Waals surface area contributed by atoms with Crippen molar-refractivity contribution in [1.29, 1.82) is 0 Å². The fraction of sp³-hybridized carbons (Fsp3) is 0.500. The summed E-state index contributed by atoms with van der Waals surface area (Å²) in [4.78, 5) is 12.5. The van der Waals surface area contributed by atoms with Crippen molar-refractivity contribution in [3.05, 3.63) is 22.7 Å². The molecule has 1 aliphatic heterocycles.